The van der Waals surface area contributed by atoms with Gasteiger partial charge in [-0.05, 0) is 55.3 Å². The number of methoxy groups -OCH3 is 1. The number of nitrogens with one attached hydrogen (secondary N) is 1. The minimum absolute atomic E-state index is 0.0736. The van der Waals surface area contributed by atoms with Crippen LogP contribution >= 0.6 is 22.9 Å². The van der Waals surface area contributed by atoms with Gasteiger partial charge >= 0.3 is 0 Å². The van der Waals surface area contributed by atoms with E-state index in [1.54, 1.807) is 24.3 Å². The van der Waals surface area contributed by atoms with Crippen LogP contribution in [0.25, 0.3) is 10.2 Å². The Hall–Kier alpha value is -3.76. The smallest absolute Gasteiger partial charge is 0.262 e. The van der Waals surface area contributed by atoms with E-state index in [1.165, 1.54) is 47.7 Å². The van der Waals surface area contributed by atoms with Crippen molar-refractivity contribution in [3.63, 3.8) is 0 Å². The van der Waals surface area contributed by atoms with Gasteiger partial charge in [0.1, 0.15) is 23.8 Å². The molecule has 2 aromatic heterocycles. The molecule has 0 atom stereocenters. The Morgan fingerprint density at radius 2 is 2.08 bits per heavy atom. The highest BCUT2D eigenvalue weighted by Gasteiger charge is 2.14. The van der Waals surface area contributed by atoms with Gasteiger partial charge in [-0.25, -0.2) is 14.8 Å². The molecule has 0 radical (unpaired) electrons. The lowest BCUT2D eigenvalue weighted by atomic mass is 10.2. The molecule has 4 rings (SSSR count). The maximum atomic E-state index is 14.0. The first-order chi connectivity index (χ1) is 17.3. The van der Waals surface area contributed by atoms with Gasteiger partial charge in [-0.15, -0.1) is 11.3 Å². The lowest BCUT2D eigenvalue weighted by molar-refractivity contribution is -0.121. The van der Waals surface area contributed by atoms with Gasteiger partial charge in [-0.1, -0.05) is 17.7 Å². The highest BCUT2D eigenvalue weighted by Crippen LogP contribution is 2.30. The van der Waals surface area contributed by atoms with Gasteiger partial charge in [0.25, 0.3) is 11.5 Å². The SMILES string of the molecule is COc1cc(C=NNC(=O)Cn2cnc3sc(C)c(C)c3c2=O)ccc1OCc1c(F)cccc1Cl. The second-order valence-electron chi connectivity index (χ2n) is 7.83. The molecule has 1 amide bonds. The van der Waals surface area contributed by atoms with Crippen LogP contribution in [-0.4, -0.2) is 28.8 Å². The van der Waals surface area contributed by atoms with E-state index in [2.05, 4.69) is 15.5 Å². The molecule has 0 spiro atoms. The summed E-state index contributed by atoms with van der Waals surface area (Å²) in [6.07, 6.45) is 2.79. The van der Waals surface area contributed by atoms with E-state index in [0.717, 1.165) is 10.4 Å². The van der Waals surface area contributed by atoms with Crippen molar-refractivity contribution in [1.29, 1.82) is 0 Å². The number of carbonyl (C=O) groups is 1. The largest absolute Gasteiger partial charge is 0.493 e. The number of rotatable bonds is 8. The topological polar surface area (TPSA) is 94.8 Å². The summed E-state index contributed by atoms with van der Waals surface area (Å²) < 4.78 is 26.3. The molecule has 0 fully saturated rings. The van der Waals surface area contributed by atoms with Crippen LogP contribution in [0.15, 0.2) is 52.6 Å². The van der Waals surface area contributed by atoms with Gasteiger partial charge in [0.05, 0.1) is 30.1 Å². The molecule has 11 heteroatoms. The molecule has 2 aromatic carbocycles. The number of halogens is 2. The molecular formula is C25H22ClFN4O4S. The lowest BCUT2D eigenvalue weighted by Gasteiger charge is -2.12. The third kappa shape index (κ3) is 5.39. The Labute approximate surface area is 215 Å². The van der Waals surface area contributed by atoms with E-state index in [0.29, 0.717) is 27.3 Å². The average molecular weight is 529 g/mol. The second-order valence-corrected chi connectivity index (χ2v) is 9.44. The second kappa shape index (κ2) is 10.9. The number of carbonyl (C=O) groups excluding carboxylic acids is 1. The summed E-state index contributed by atoms with van der Waals surface area (Å²) in [6.45, 7) is 3.50. The number of hydrazone groups is 1. The minimum atomic E-state index is -0.479. The molecule has 36 heavy (non-hydrogen) atoms. The average Bonchev–Trinajstić information content (AvgIpc) is 3.15. The Kier molecular flexibility index (Phi) is 7.66. The Bertz CT molecular complexity index is 1510. The van der Waals surface area contributed by atoms with Crippen molar-refractivity contribution in [3.8, 4) is 11.5 Å². The summed E-state index contributed by atoms with van der Waals surface area (Å²) in [5.41, 5.74) is 3.87. The van der Waals surface area contributed by atoms with Crippen LogP contribution in [0.5, 0.6) is 11.5 Å². The Balaban J connectivity index is 1.40. The highest BCUT2D eigenvalue weighted by molar-refractivity contribution is 7.18. The fourth-order valence-corrected chi connectivity index (χ4v) is 4.66. The van der Waals surface area contributed by atoms with E-state index in [9.17, 15) is 14.0 Å². The van der Waals surface area contributed by atoms with Crippen LogP contribution < -0.4 is 20.5 Å². The number of ether oxygens (including phenoxy) is 2. The van der Waals surface area contributed by atoms with E-state index in [4.69, 9.17) is 21.1 Å². The monoisotopic (exact) mass is 528 g/mol. The molecular weight excluding hydrogens is 507 g/mol. The lowest BCUT2D eigenvalue weighted by Crippen LogP contribution is -2.30. The zero-order chi connectivity index (χ0) is 25.8. The van der Waals surface area contributed by atoms with Crippen molar-refractivity contribution in [2.75, 3.05) is 7.11 Å². The molecule has 0 bridgehead atoms. The fraction of sp³-hybridized carbons (Fsp3) is 0.200. The van der Waals surface area contributed by atoms with Crippen LogP contribution in [0.4, 0.5) is 4.39 Å². The maximum absolute atomic E-state index is 14.0. The molecule has 186 valence electrons. The quantitative estimate of drug-likeness (QED) is 0.266. The molecule has 8 nitrogen and oxygen atoms in total. The van der Waals surface area contributed by atoms with Crippen molar-refractivity contribution in [3.05, 3.63) is 85.5 Å². The summed E-state index contributed by atoms with van der Waals surface area (Å²) >= 11 is 7.49. The minimum Gasteiger partial charge on any atom is -0.493 e. The number of hydrogen-bond acceptors (Lipinski definition) is 7. The number of aryl methyl sites for hydroxylation is 2. The van der Waals surface area contributed by atoms with Crippen molar-refractivity contribution >= 4 is 45.3 Å². The molecule has 0 aliphatic rings. The molecule has 0 aliphatic heterocycles. The Morgan fingerprint density at radius 3 is 2.83 bits per heavy atom. The summed E-state index contributed by atoms with van der Waals surface area (Å²) in [4.78, 5) is 31.0. The third-order valence-corrected chi connectivity index (χ3v) is 6.96. The number of hydrogen-bond donors (Lipinski definition) is 1. The van der Waals surface area contributed by atoms with Crippen LogP contribution in [0, 0.1) is 19.7 Å². The van der Waals surface area contributed by atoms with Crippen LogP contribution in [0.2, 0.25) is 5.02 Å². The van der Waals surface area contributed by atoms with Crippen molar-refractivity contribution in [1.82, 2.24) is 15.0 Å². The first-order valence-corrected chi connectivity index (χ1v) is 12.0. The van der Waals surface area contributed by atoms with Gasteiger partial charge in [0, 0.05) is 10.4 Å². The number of benzene rings is 2. The van der Waals surface area contributed by atoms with Crippen molar-refractivity contribution in [2.45, 2.75) is 27.0 Å². The predicted molar refractivity (Wildman–Crippen MR) is 138 cm³/mol. The van der Waals surface area contributed by atoms with Crippen molar-refractivity contribution in [2.24, 2.45) is 5.10 Å². The molecule has 0 aliphatic carbocycles. The number of thiophene rings is 1. The molecule has 2 heterocycles. The van der Waals surface area contributed by atoms with Crippen LogP contribution in [-0.2, 0) is 17.9 Å². The summed E-state index contributed by atoms with van der Waals surface area (Å²) in [6, 6.07) is 9.41. The van der Waals surface area contributed by atoms with Gasteiger partial charge in [-0.2, -0.15) is 5.10 Å². The summed E-state index contributed by atoms with van der Waals surface area (Å²) in [7, 11) is 1.47. The van der Waals surface area contributed by atoms with Gasteiger partial charge < -0.3 is 9.47 Å². The predicted octanol–water partition coefficient (Wildman–Crippen LogP) is 4.61. The van der Waals surface area contributed by atoms with Crippen LogP contribution in [0.1, 0.15) is 21.6 Å². The van der Waals surface area contributed by atoms with Crippen LogP contribution in [0.3, 0.4) is 0 Å². The molecule has 1 N–H and O–H groups in total. The van der Waals surface area contributed by atoms with Crippen molar-refractivity contribution < 1.29 is 18.7 Å². The summed E-state index contributed by atoms with van der Waals surface area (Å²) in [5.74, 6) is -0.156. The zero-order valence-corrected chi connectivity index (χ0v) is 21.2. The van der Waals surface area contributed by atoms with Gasteiger partial charge in [-0.3, -0.25) is 14.2 Å². The van der Waals surface area contributed by atoms with E-state index in [-0.39, 0.29) is 29.3 Å². The van der Waals surface area contributed by atoms with E-state index < -0.39 is 11.7 Å². The molecule has 0 unspecified atom stereocenters. The third-order valence-electron chi connectivity index (χ3n) is 5.49. The summed E-state index contributed by atoms with van der Waals surface area (Å²) in [5, 5.41) is 4.75. The van der Waals surface area contributed by atoms with E-state index >= 15 is 0 Å². The standard InChI is InChI=1S/C25H22ClFN4O4S/c1-14-15(2)36-24-23(14)25(33)31(13-28-24)11-22(32)30-29-10-16-7-8-20(21(9-16)34-3)35-12-17-18(26)5-4-6-19(17)27/h4-10,13H,11-12H2,1-3H3,(H,30,32). The molecule has 0 saturated heterocycles. The number of fused-ring (bicyclic) bond motifs is 1. The van der Waals surface area contributed by atoms with Gasteiger partial charge in [0.2, 0.25) is 0 Å². The fourth-order valence-electron chi connectivity index (χ4n) is 3.46. The maximum Gasteiger partial charge on any atom is 0.262 e. The molecule has 0 saturated carbocycles. The zero-order valence-electron chi connectivity index (χ0n) is 19.7. The number of amides is 1. The molecule has 4 aromatic rings. The normalized spacial score (nSPS) is 11.2. The highest BCUT2D eigenvalue weighted by atomic mass is 35.5. The number of nitrogens with zero attached hydrogens (tertiary/aromatic N) is 3. The van der Waals surface area contributed by atoms with Gasteiger partial charge in [0.15, 0.2) is 11.5 Å². The first-order valence-electron chi connectivity index (χ1n) is 10.8. The number of aromatic nitrogens is 2. The van der Waals surface area contributed by atoms with E-state index in [1.807, 2.05) is 13.8 Å². The Morgan fingerprint density at radius 1 is 1.28 bits per heavy atom. The first kappa shape index (κ1) is 25.3.